The van der Waals surface area contributed by atoms with Gasteiger partial charge in [-0.05, 0) is 39.2 Å². The zero-order chi connectivity index (χ0) is 13.3. The second kappa shape index (κ2) is 5.27. The number of esters is 1. The fourth-order valence-corrected chi connectivity index (χ4v) is 2.92. The van der Waals surface area contributed by atoms with Gasteiger partial charge in [0.15, 0.2) is 0 Å². The fourth-order valence-electron chi connectivity index (χ4n) is 2.92. The highest BCUT2D eigenvalue weighted by Crippen LogP contribution is 2.35. The maximum absolute atomic E-state index is 11.7. The molecule has 2 aliphatic rings. The molecule has 100 valence electrons. The zero-order valence-corrected chi connectivity index (χ0v) is 11.3. The van der Waals surface area contributed by atoms with E-state index in [9.17, 15) is 9.90 Å². The van der Waals surface area contributed by atoms with E-state index in [2.05, 4.69) is 13.0 Å². The Bertz CT molecular complexity index is 395. The lowest BCUT2D eigenvalue weighted by molar-refractivity contribution is -0.142. The van der Waals surface area contributed by atoms with Gasteiger partial charge < -0.3 is 9.84 Å². The van der Waals surface area contributed by atoms with Crippen LogP contribution in [0.4, 0.5) is 0 Å². The molecule has 1 saturated heterocycles. The monoisotopic (exact) mass is 250 g/mol. The van der Waals surface area contributed by atoms with Crippen LogP contribution in [0.1, 0.15) is 40.0 Å². The van der Waals surface area contributed by atoms with Crippen LogP contribution >= 0.6 is 0 Å². The number of carbonyl (C=O) groups excluding carboxylic acids is 1. The van der Waals surface area contributed by atoms with Crippen molar-refractivity contribution in [3.05, 3.63) is 23.3 Å². The number of allylic oxidation sites excluding steroid dienone is 2. The van der Waals surface area contributed by atoms with Crippen LogP contribution in [0.2, 0.25) is 0 Å². The topological polar surface area (TPSA) is 46.5 Å². The number of hydrogen-bond donors (Lipinski definition) is 1. The van der Waals surface area contributed by atoms with E-state index in [0.29, 0.717) is 6.42 Å². The molecule has 0 spiro atoms. The highest BCUT2D eigenvalue weighted by molar-refractivity contribution is 5.75. The molecule has 0 amide bonds. The molecule has 0 aromatic rings. The van der Waals surface area contributed by atoms with E-state index in [4.69, 9.17) is 4.74 Å². The van der Waals surface area contributed by atoms with Crippen LogP contribution in [0, 0.1) is 11.8 Å². The van der Waals surface area contributed by atoms with E-state index in [1.54, 1.807) is 0 Å². The summed E-state index contributed by atoms with van der Waals surface area (Å²) >= 11 is 0. The summed E-state index contributed by atoms with van der Waals surface area (Å²) in [5.74, 6) is -0.524. The quantitative estimate of drug-likeness (QED) is 0.531. The summed E-state index contributed by atoms with van der Waals surface area (Å²) in [4.78, 5) is 11.7. The Morgan fingerprint density at radius 3 is 2.78 bits per heavy atom. The molecule has 1 N–H and O–H groups in total. The molecule has 0 saturated carbocycles. The van der Waals surface area contributed by atoms with E-state index in [-0.39, 0.29) is 23.9 Å². The van der Waals surface area contributed by atoms with Gasteiger partial charge in [0.2, 0.25) is 0 Å². The first kappa shape index (κ1) is 13.3. The van der Waals surface area contributed by atoms with Gasteiger partial charge in [0.05, 0.1) is 12.0 Å². The lowest BCUT2D eigenvalue weighted by Crippen LogP contribution is -2.31. The second-order valence-corrected chi connectivity index (χ2v) is 5.64. The van der Waals surface area contributed by atoms with Gasteiger partial charge >= 0.3 is 5.97 Å². The molecule has 3 heteroatoms. The summed E-state index contributed by atoms with van der Waals surface area (Å²) < 4.78 is 5.39. The fraction of sp³-hybridized carbons (Fsp3) is 0.667. The average Bonchev–Trinajstić information content (AvgIpc) is 2.53. The average molecular weight is 250 g/mol. The Labute approximate surface area is 109 Å². The maximum Gasteiger partial charge on any atom is 0.309 e. The van der Waals surface area contributed by atoms with Crippen LogP contribution in [0.25, 0.3) is 0 Å². The highest BCUT2D eigenvalue weighted by atomic mass is 16.6. The molecule has 1 aliphatic heterocycles. The third-order valence-corrected chi connectivity index (χ3v) is 4.04. The van der Waals surface area contributed by atoms with Crippen LogP contribution in [0.3, 0.4) is 0 Å². The van der Waals surface area contributed by atoms with Crippen molar-refractivity contribution in [1.29, 1.82) is 0 Å². The number of ether oxygens (including phenoxy) is 1. The van der Waals surface area contributed by atoms with Gasteiger partial charge in [-0.15, -0.1) is 0 Å². The summed E-state index contributed by atoms with van der Waals surface area (Å²) in [5, 5.41) is 10.3. The SMILES string of the molecule is C/C1=C\[C@H]2OC(=O)[C@@H](C)[C@@H]2[C@H](O)C/C(C)=C/CC1. The zero-order valence-electron chi connectivity index (χ0n) is 11.3. The van der Waals surface area contributed by atoms with Crippen molar-refractivity contribution in [3.63, 3.8) is 0 Å². The van der Waals surface area contributed by atoms with Gasteiger partial charge in [-0.25, -0.2) is 0 Å². The standard InChI is InChI=1S/C15H22O3/c1-9-5-4-6-10(2)8-13-14(12(16)7-9)11(3)15(17)18-13/h5,8,11-14,16H,4,6-7H2,1-3H3/b9-5+,10-8+/t11-,12+,13+,14+/m0/s1. The Morgan fingerprint density at radius 1 is 1.33 bits per heavy atom. The lowest BCUT2D eigenvalue weighted by Gasteiger charge is -2.24. The molecular formula is C15H22O3. The molecular weight excluding hydrogens is 228 g/mol. The van der Waals surface area contributed by atoms with Crippen molar-refractivity contribution in [2.75, 3.05) is 0 Å². The lowest BCUT2D eigenvalue weighted by atomic mass is 9.82. The van der Waals surface area contributed by atoms with E-state index in [0.717, 1.165) is 12.8 Å². The molecule has 1 fully saturated rings. The van der Waals surface area contributed by atoms with Gasteiger partial charge in [0.25, 0.3) is 0 Å². The predicted molar refractivity (Wildman–Crippen MR) is 69.9 cm³/mol. The first-order valence-corrected chi connectivity index (χ1v) is 6.70. The Hall–Kier alpha value is -1.09. The molecule has 4 atom stereocenters. The molecule has 1 heterocycles. The van der Waals surface area contributed by atoms with Crippen molar-refractivity contribution in [1.82, 2.24) is 0 Å². The Kier molecular flexibility index (Phi) is 3.91. The number of hydrogen-bond acceptors (Lipinski definition) is 3. The van der Waals surface area contributed by atoms with E-state index in [1.165, 1.54) is 11.1 Å². The molecule has 0 aromatic heterocycles. The van der Waals surface area contributed by atoms with Crippen molar-refractivity contribution in [3.8, 4) is 0 Å². The second-order valence-electron chi connectivity index (χ2n) is 5.64. The Morgan fingerprint density at radius 2 is 2.06 bits per heavy atom. The molecule has 2 rings (SSSR count). The van der Waals surface area contributed by atoms with E-state index in [1.807, 2.05) is 19.9 Å². The van der Waals surface area contributed by atoms with Gasteiger partial charge in [-0.3, -0.25) is 4.79 Å². The molecule has 1 aliphatic carbocycles. The van der Waals surface area contributed by atoms with Crippen molar-refractivity contribution >= 4 is 5.97 Å². The van der Waals surface area contributed by atoms with Gasteiger partial charge in [0.1, 0.15) is 6.10 Å². The predicted octanol–water partition coefficient (Wildman–Crippen LogP) is 2.60. The van der Waals surface area contributed by atoms with Gasteiger partial charge in [0, 0.05) is 5.92 Å². The first-order chi connectivity index (χ1) is 8.49. The summed E-state index contributed by atoms with van der Waals surface area (Å²) in [7, 11) is 0. The minimum Gasteiger partial charge on any atom is -0.457 e. The van der Waals surface area contributed by atoms with Crippen molar-refractivity contribution in [2.24, 2.45) is 11.8 Å². The minimum absolute atomic E-state index is 0.117. The number of fused-ring (bicyclic) bond motifs is 1. The molecule has 0 unspecified atom stereocenters. The smallest absolute Gasteiger partial charge is 0.309 e. The van der Waals surface area contributed by atoms with Gasteiger partial charge in [-0.1, -0.05) is 24.1 Å². The number of rotatable bonds is 0. The molecule has 18 heavy (non-hydrogen) atoms. The van der Waals surface area contributed by atoms with Crippen molar-refractivity contribution in [2.45, 2.75) is 52.2 Å². The first-order valence-electron chi connectivity index (χ1n) is 6.70. The van der Waals surface area contributed by atoms with Crippen LogP contribution < -0.4 is 0 Å². The Balaban J connectivity index is 2.30. The number of aliphatic hydroxyl groups is 1. The van der Waals surface area contributed by atoms with Crippen LogP contribution in [0.15, 0.2) is 23.3 Å². The summed E-state index contributed by atoms with van der Waals surface area (Å²) in [5.41, 5.74) is 2.42. The summed E-state index contributed by atoms with van der Waals surface area (Å²) in [6, 6.07) is 0. The van der Waals surface area contributed by atoms with Crippen LogP contribution in [0.5, 0.6) is 0 Å². The number of carbonyl (C=O) groups is 1. The molecule has 0 bridgehead atoms. The third-order valence-electron chi connectivity index (χ3n) is 4.04. The molecule has 0 radical (unpaired) electrons. The molecule has 3 nitrogen and oxygen atoms in total. The highest BCUT2D eigenvalue weighted by Gasteiger charge is 2.44. The summed E-state index contributed by atoms with van der Waals surface area (Å²) in [6.45, 7) is 5.95. The summed E-state index contributed by atoms with van der Waals surface area (Å²) in [6.07, 6.45) is 6.05. The largest absolute Gasteiger partial charge is 0.457 e. The minimum atomic E-state index is -0.505. The van der Waals surface area contributed by atoms with Crippen LogP contribution in [-0.4, -0.2) is 23.3 Å². The van der Waals surface area contributed by atoms with Gasteiger partial charge in [-0.2, -0.15) is 0 Å². The van der Waals surface area contributed by atoms with Crippen molar-refractivity contribution < 1.29 is 14.6 Å². The maximum atomic E-state index is 11.7. The molecule has 0 aromatic carbocycles. The number of aliphatic hydroxyl groups excluding tert-OH is 1. The van der Waals surface area contributed by atoms with E-state index >= 15 is 0 Å². The van der Waals surface area contributed by atoms with Crippen LogP contribution in [-0.2, 0) is 9.53 Å². The van der Waals surface area contributed by atoms with E-state index < -0.39 is 6.10 Å². The third kappa shape index (κ3) is 2.66. The normalized spacial score (nSPS) is 43.2.